The van der Waals surface area contributed by atoms with Crippen LogP contribution in [-0.4, -0.2) is 22.2 Å². The normalized spacial score (nSPS) is 11.6. The lowest BCUT2D eigenvalue weighted by Gasteiger charge is -2.10. The average Bonchev–Trinajstić information content (AvgIpc) is 2.99. The molecule has 0 radical (unpaired) electrons. The third kappa shape index (κ3) is 5.00. The number of rotatable bonds is 6. The Kier molecular flexibility index (Phi) is 5.48. The molecule has 0 atom stereocenters. The van der Waals surface area contributed by atoms with Crippen LogP contribution in [0.25, 0.3) is 0 Å². The molecule has 0 saturated heterocycles. The predicted molar refractivity (Wildman–Crippen MR) is 81.5 cm³/mol. The van der Waals surface area contributed by atoms with E-state index in [2.05, 4.69) is 10.4 Å². The van der Waals surface area contributed by atoms with E-state index in [1.807, 2.05) is 13.8 Å². The van der Waals surface area contributed by atoms with E-state index in [0.717, 1.165) is 12.1 Å². The quantitative estimate of drug-likeness (QED) is 0.877. The minimum atomic E-state index is -4.42. The van der Waals surface area contributed by atoms with Crippen molar-refractivity contribution in [3.63, 3.8) is 0 Å². The Bertz CT molecular complexity index is 696. The Labute approximate surface area is 137 Å². The van der Waals surface area contributed by atoms with Crippen LogP contribution >= 0.6 is 0 Å². The molecule has 1 amide bonds. The predicted octanol–water partition coefficient (Wildman–Crippen LogP) is 3.32. The molecule has 1 aromatic carbocycles. The first kappa shape index (κ1) is 17.8. The van der Waals surface area contributed by atoms with Crippen LogP contribution in [0, 0.1) is 5.92 Å². The van der Waals surface area contributed by atoms with Gasteiger partial charge in [0.25, 0.3) is 5.91 Å². The Balaban J connectivity index is 1.95. The summed E-state index contributed by atoms with van der Waals surface area (Å²) < 4.78 is 44.5. The molecule has 8 heteroatoms. The van der Waals surface area contributed by atoms with Gasteiger partial charge in [-0.1, -0.05) is 19.9 Å². The van der Waals surface area contributed by atoms with Gasteiger partial charge in [0.1, 0.15) is 11.4 Å². The Morgan fingerprint density at radius 2 is 2.08 bits per heavy atom. The molecule has 0 spiro atoms. The maximum atomic E-state index is 12.6. The second kappa shape index (κ2) is 7.37. The van der Waals surface area contributed by atoms with Crippen molar-refractivity contribution in [2.24, 2.45) is 5.92 Å². The number of aromatic nitrogens is 2. The van der Waals surface area contributed by atoms with Crippen molar-refractivity contribution >= 4 is 5.91 Å². The first-order valence-corrected chi connectivity index (χ1v) is 7.37. The average molecular weight is 341 g/mol. The zero-order valence-electron chi connectivity index (χ0n) is 13.3. The molecule has 0 aliphatic heterocycles. The monoisotopic (exact) mass is 341 g/mol. The Morgan fingerprint density at radius 3 is 2.75 bits per heavy atom. The molecular weight excluding hydrogens is 323 g/mol. The molecule has 24 heavy (non-hydrogen) atoms. The molecule has 1 heterocycles. The van der Waals surface area contributed by atoms with E-state index in [4.69, 9.17) is 4.74 Å². The summed E-state index contributed by atoms with van der Waals surface area (Å²) in [5.41, 5.74) is -0.558. The van der Waals surface area contributed by atoms with E-state index >= 15 is 0 Å². The summed E-state index contributed by atoms with van der Waals surface area (Å²) in [4.78, 5) is 11.8. The number of carbonyl (C=O) groups excluding carboxylic acids is 1. The van der Waals surface area contributed by atoms with Gasteiger partial charge in [-0.3, -0.25) is 4.79 Å². The Hall–Kier alpha value is -2.51. The van der Waals surface area contributed by atoms with E-state index in [-0.39, 0.29) is 24.1 Å². The molecule has 0 aliphatic carbocycles. The number of nitrogens with one attached hydrogen (secondary N) is 1. The van der Waals surface area contributed by atoms with Gasteiger partial charge < -0.3 is 10.1 Å². The molecule has 2 rings (SSSR count). The lowest BCUT2D eigenvalue weighted by atomic mass is 10.2. The minimum absolute atomic E-state index is 0.0751. The van der Waals surface area contributed by atoms with Crippen LogP contribution in [0.3, 0.4) is 0 Å². The molecule has 130 valence electrons. The van der Waals surface area contributed by atoms with Crippen LogP contribution in [0.2, 0.25) is 0 Å². The highest BCUT2D eigenvalue weighted by Crippen LogP contribution is 2.31. The lowest BCUT2D eigenvalue weighted by Crippen LogP contribution is -2.27. The van der Waals surface area contributed by atoms with E-state index in [1.165, 1.54) is 29.1 Å². The van der Waals surface area contributed by atoms with Crippen LogP contribution in [0.1, 0.15) is 29.9 Å². The maximum absolute atomic E-state index is 12.6. The second-order valence-corrected chi connectivity index (χ2v) is 5.64. The van der Waals surface area contributed by atoms with Gasteiger partial charge in [-0.25, -0.2) is 4.68 Å². The third-order valence-corrected chi connectivity index (χ3v) is 3.07. The number of hydrogen-bond donors (Lipinski definition) is 1. The fraction of sp³-hybridized carbons (Fsp3) is 0.375. The van der Waals surface area contributed by atoms with Gasteiger partial charge in [0.05, 0.1) is 5.56 Å². The smallest absolute Gasteiger partial charge is 0.416 e. The van der Waals surface area contributed by atoms with Crippen molar-refractivity contribution in [2.75, 3.05) is 6.54 Å². The van der Waals surface area contributed by atoms with Crippen LogP contribution in [0.5, 0.6) is 5.75 Å². The van der Waals surface area contributed by atoms with Gasteiger partial charge in [0.2, 0.25) is 0 Å². The third-order valence-electron chi connectivity index (χ3n) is 3.07. The van der Waals surface area contributed by atoms with Gasteiger partial charge in [-0.05, 0) is 30.2 Å². The fourth-order valence-electron chi connectivity index (χ4n) is 1.84. The van der Waals surface area contributed by atoms with Crippen molar-refractivity contribution in [1.82, 2.24) is 15.1 Å². The van der Waals surface area contributed by atoms with E-state index < -0.39 is 11.7 Å². The zero-order valence-corrected chi connectivity index (χ0v) is 13.3. The number of benzene rings is 1. The molecule has 0 saturated carbocycles. The van der Waals surface area contributed by atoms with Crippen LogP contribution in [-0.2, 0) is 12.9 Å². The molecule has 0 aliphatic rings. The standard InChI is InChI=1S/C16H18F3N3O2/c1-11(2)9-20-15(23)14-6-7-22(21-14)10-24-13-5-3-4-12(8-13)16(17,18)19/h3-8,11H,9-10H2,1-2H3,(H,20,23). The molecule has 0 unspecified atom stereocenters. The number of halogens is 3. The highest BCUT2D eigenvalue weighted by atomic mass is 19.4. The molecule has 5 nitrogen and oxygen atoms in total. The van der Waals surface area contributed by atoms with Gasteiger partial charge >= 0.3 is 6.18 Å². The summed E-state index contributed by atoms with van der Waals surface area (Å²) in [5, 5.41) is 6.76. The number of nitrogens with zero attached hydrogens (tertiary/aromatic N) is 2. The molecule has 0 fully saturated rings. The fourth-order valence-corrected chi connectivity index (χ4v) is 1.84. The molecule has 0 bridgehead atoms. The van der Waals surface area contributed by atoms with Crippen LogP contribution < -0.4 is 10.1 Å². The largest absolute Gasteiger partial charge is 0.471 e. The first-order valence-electron chi connectivity index (χ1n) is 7.37. The number of hydrogen-bond acceptors (Lipinski definition) is 3. The van der Waals surface area contributed by atoms with Crippen molar-refractivity contribution < 1.29 is 22.7 Å². The van der Waals surface area contributed by atoms with Crippen molar-refractivity contribution in [1.29, 1.82) is 0 Å². The van der Waals surface area contributed by atoms with Crippen molar-refractivity contribution in [3.8, 4) is 5.75 Å². The van der Waals surface area contributed by atoms with Crippen LogP contribution in [0.15, 0.2) is 36.5 Å². The number of ether oxygens (including phenoxy) is 1. The lowest BCUT2D eigenvalue weighted by molar-refractivity contribution is -0.137. The summed E-state index contributed by atoms with van der Waals surface area (Å²) in [7, 11) is 0. The number of alkyl halides is 3. The van der Waals surface area contributed by atoms with Gasteiger partial charge in [0, 0.05) is 12.7 Å². The first-order chi connectivity index (χ1) is 11.3. The van der Waals surface area contributed by atoms with E-state index in [0.29, 0.717) is 12.5 Å². The van der Waals surface area contributed by atoms with Crippen molar-refractivity contribution in [2.45, 2.75) is 26.8 Å². The summed E-state index contributed by atoms with van der Waals surface area (Å²) in [6.45, 7) is 4.38. The molecule has 1 aromatic heterocycles. The van der Waals surface area contributed by atoms with E-state index in [9.17, 15) is 18.0 Å². The Morgan fingerprint density at radius 1 is 1.33 bits per heavy atom. The van der Waals surface area contributed by atoms with Crippen LogP contribution in [0.4, 0.5) is 13.2 Å². The highest BCUT2D eigenvalue weighted by molar-refractivity contribution is 5.92. The number of carbonyl (C=O) groups is 1. The highest BCUT2D eigenvalue weighted by Gasteiger charge is 2.30. The molecule has 2 aromatic rings. The molecule has 1 N–H and O–H groups in total. The summed E-state index contributed by atoms with van der Waals surface area (Å²) in [6.07, 6.45) is -2.90. The zero-order chi connectivity index (χ0) is 17.7. The summed E-state index contributed by atoms with van der Waals surface area (Å²) >= 11 is 0. The van der Waals surface area contributed by atoms with Crippen molar-refractivity contribution in [3.05, 3.63) is 47.8 Å². The van der Waals surface area contributed by atoms with Gasteiger partial charge in [-0.15, -0.1) is 0 Å². The van der Waals surface area contributed by atoms with Gasteiger partial charge in [-0.2, -0.15) is 18.3 Å². The SMILES string of the molecule is CC(C)CNC(=O)c1ccn(COc2cccc(C(F)(F)F)c2)n1. The summed E-state index contributed by atoms with van der Waals surface area (Å²) in [6, 6.07) is 6.10. The van der Waals surface area contributed by atoms with E-state index in [1.54, 1.807) is 0 Å². The topological polar surface area (TPSA) is 56.2 Å². The molecular formula is C16H18F3N3O2. The maximum Gasteiger partial charge on any atom is 0.416 e. The summed E-state index contributed by atoms with van der Waals surface area (Å²) in [5.74, 6) is 0.0907. The van der Waals surface area contributed by atoms with Gasteiger partial charge in [0.15, 0.2) is 6.73 Å². The second-order valence-electron chi connectivity index (χ2n) is 5.64. The number of amides is 1. The minimum Gasteiger partial charge on any atom is -0.471 e.